The summed E-state index contributed by atoms with van der Waals surface area (Å²) in [7, 11) is 1.08. The maximum atomic E-state index is 13.1. The fraction of sp³-hybridized carbons (Fsp3) is 0.647. The molecular formula is C17H27NOS. The Kier molecular flexibility index (Phi) is 4.70. The fourth-order valence-electron chi connectivity index (χ4n) is 3.58. The minimum atomic E-state index is -0.929. The first-order valence-corrected chi connectivity index (χ1v) is 8.73. The molecule has 1 aliphatic rings. The third-order valence-electron chi connectivity index (χ3n) is 4.66. The lowest BCUT2D eigenvalue weighted by atomic mass is 9.73. The van der Waals surface area contributed by atoms with Gasteiger partial charge in [-0.05, 0) is 50.8 Å². The summed E-state index contributed by atoms with van der Waals surface area (Å²) in [4.78, 5) is 1.01. The number of hydrogen-bond donors (Lipinski definition) is 1. The van der Waals surface area contributed by atoms with Crippen molar-refractivity contribution >= 4 is 10.8 Å². The van der Waals surface area contributed by atoms with Crippen molar-refractivity contribution < 1.29 is 4.21 Å². The molecule has 0 amide bonds. The molecule has 3 atom stereocenters. The summed E-state index contributed by atoms with van der Waals surface area (Å²) in [5, 5.41) is 3.65. The summed E-state index contributed by atoms with van der Waals surface area (Å²) < 4.78 is 13.1. The highest BCUT2D eigenvalue weighted by molar-refractivity contribution is 7.85. The Morgan fingerprint density at radius 1 is 1.30 bits per heavy atom. The fourth-order valence-corrected chi connectivity index (χ4v) is 5.62. The maximum absolute atomic E-state index is 13.1. The van der Waals surface area contributed by atoms with Crippen molar-refractivity contribution in [3.63, 3.8) is 0 Å². The van der Waals surface area contributed by atoms with E-state index < -0.39 is 10.8 Å². The molecule has 2 nitrogen and oxygen atoms in total. The Hall–Kier alpha value is -0.670. The van der Waals surface area contributed by atoms with Crippen LogP contribution < -0.4 is 5.32 Å². The summed E-state index contributed by atoms with van der Waals surface area (Å²) in [5.74, 6) is 0. The van der Waals surface area contributed by atoms with Crippen LogP contribution in [0, 0.1) is 19.3 Å². The summed E-state index contributed by atoms with van der Waals surface area (Å²) in [6.45, 7) is 8.74. The highest BCUT2D eigenvalue weighted by atomic mass is 32.2. The second-order valence-corrected chi connectivity index (χ2v) is 8.39. The molecule has 3 heteroatoms. The van der Waals surface area contributed by atoms with Crippen molar-refractivity contribution in [2.45, 2.75) is 63.1 Å². The minimum absolute atomic E-state index is 0.213. The van der Waals surface area contributed by atoms with E-state index in [0.29, 0.717) is 6.04 Å². The quantitative estimate of drug-likeness (QED) is 0.923. The highest BCUT2D eigenvalue weighted by Crippen LogP contribution is 2.39. The Bertz CT molecular complexity index is 510. The number of nitrogens with one attached hydrogen (secondary N) is 1. The Labute approximate surface area is 125 Å². The predicted molar refractivity (Wildman–Crippen MR) is 86.6 cm³/mol. The summed E-state index contributed by atoms with van der Waals surface area (Å²) in [6, 6.07) is 6.57. The molecule has 2 rings (SSSR count). The maximum Gasteiger partial charge on any atom is 0.0579 e. The van der Waals surface area contributed by atoms with Crippen molar-refractivity contribution in [2.75, 3.05) is 7.05 Å². The van der Waals surface area contributed by atoms with Gasteiger partial charge in [-0.15, -0.1) is 0 Å². The molecular weight excluding hydrogens is 266 g/mol. The highest BCUT2D eigenvalue weighted by Gasteiger charge is 2.41. The van der Waals surface area contributed by atoms with Crippen LogP contribution in [0.3, 0.4) is 0 Å². The zero-order chi connectivity index (χ0) is 14.9. The van der Waals surface area contributed by atoms with Gasteiger partial charge in [-0.2, -0.15) is 0 Å². The number of benzene rings is 1. The van der Waals surface area contributed by atoms with Crippen LogP contribution in [0.1, 0.15) is 44.2 Å². The van der Waals surface area contributed by atoms with Crippen LogP contribution in [-0.4, -0.2) is 22.5 Å². The standard InChI is InChI=1S/C17H27NOS/c1-12-8-9-14(13(2)11-12)20(19)15-7-6-10-17(3,4)16(15)18-5/h8-9,11,15-16,18H,6-7,10H2,1-5H3. The topological polar surface area (TPSA) is 29.1 Å². The molecule has 1 aliphatic carbocycles. The van der Waals surface area contributed by atoms with Gasteiger partial charge in [0.05, 0.1) is 16.0 Å². The molecule has 0 aromatic heterocycles. The van der Waals surface area contributed by atoms with E-state index in [9.17, 15) is 4.21 Å². The number of aryl methyl sites for hydroxylation is 2. The van der Waals surface area contributed by atoms with Crippen molar-refractivity contribution in [1.29, 1.82) is 0 Å². The van der Waals surface area contributed by atoms with E-state index in [0.717, 1.165) is 16.9 Å². The molecule has 0 radical (unpaired) electrons. The predicted octanol–water partition coefficient (Wildman–Crippen LogP) is 3.58. The van der Waals surface area contributed by atoms with E-state index in [1.807, 2.05) is 7.05 Å². The number of rotatable bonds is 3. The molecule has 1 aromatic carbocycles. The lowest BCUT2D eigenvalue weighted by Gasteiger charge is -2.43. The molecule has 0 bridgehead atoms. The molecule has 1 saturated carbocycles. The third kappa shape index (κ3) is 2.99. The van der Waals surface area contributed by atoms with E-state index in [4.69, 9.17) is 0 Å². The first kappa shape index (κ1) is 15.7. The van der Waals surface area contributed by atoms with Gasteiger partial charge in [0.25, 0.3) is 0 Å². The van der Waals surface area contributed by atoms with Crippen molar-refractivity contribution in [1.82, 2.24) is 5.32 Å². The zero-order valence-electron chi connectivity index (χ0n) is 13.3. The van der Waals surface area contributed by atoms with Crippen molar-refractivity contribution in [2.24, 2.45) is 5.41 Å². The van der Waals surface area contributed by atoms with Gasteiger partial charge in [-0.1, -0.05) is 38.0 Å². The van der Waals surface area contributed by atoms with E-state index in [1.54, 1.807) is 0 Å². The summed E-state index contributed by atoms with van der Waals surface area (Å²) in [6.07, 6.45) is 3.43. The van der Waals surface area contributed by atoms with Gasteiger partial charge in [0, 0.05) is 10.9 Å². The van der Waals surface area contributed by atoms with Gasteiger partial charge in [0.15, 0.2) is 0 Å². The zero-order valence-corrected chi connectivity index (χ0v) is 14.1. The van der Waals surface area contributed by atoms with Gasteiger partial charge >= 0.3 is 0 Å². The minimum Gasteiger partial charge on any atom is -0.315 e. The SMILES string of the molecule is CNC1C(S(=O)c2ccc(C)cc2C)CCCC1(C)C. The second-order valence-electron chi connectivity index (χ2n) is 6.75. The van der Waals surface area contributed by atoms with Gasteiger partial charge in [0.1, 0.15) is 0 Å². The van der Waals surface area contributed by atoms with Crippen molar-refractivity contribution in [3.05, 3.63) is 29.3 Å². The second kappa shape index (κ2) is 5.98. The Morgan fingerprint density at radius 3 is 2.60 bits per heavy atom. The van der Waals surface area contributed by atoms with Crippen LogP contribution in [-0.2, 0) is 10.8 Å². The normalized spacial score (nSPS) is 27.2. The first-order valence-electron chi connectivity index (χ1n) is 7.52. The van der Waals surface area contributed by atoms with Gasteiger partial charge in [-0.25, -0.2) is 0 Å². The van der Waals surface area contributed by atoms with Crippen LogP contribution in [0.25, 0.3) is 0 Å². The lowest BCUT2D eigenvalue weighted by molar-refractivity contribution is 0.180. The van der Waals surface area contributed by atoms with Crippen molar-refractivity contribution in [3.8, 4) is 0 Å². The molecule has 1 aromatic rings. The van der Waals surface area contributed by atoms with Crippen LogP contribution in [0.2, 0.25) is 0 Å². The molecule has 1 N–H and O–H groups in total. The van der Waals surface area contributed by atoms with E-state index in [1.165, 1.54) is 18.4 Å². The van der Waals surface area contributed by atoms with Crippen LogP contribution >= 0.6 is 0 Å². The molecule has 1 fully saturated rings. The van der Waals surface area contributed by atoms with Gasteiger partial charge in [0.2, 0.25) is 0 Å². The third-order valence-corrected chi connectivity index (χ3v) is 6.61. The van der Waals surface area contributed by atoms with Gasteiger partial charge < -0.3 is 5.32 Å². The van der Waals surface area contributed by atoms with Crippen LogP contribution in [0.5, 0.6) is 0 Å². The molecule has 0 heterocycles. The molecule has 20 heavy (non-hydrogen) atoms. The monoisotopic (exact) mass is 293 g/mol. The Morgan fingerprint density at radius 2 is 2.00 bits per heavy atom. The summed E-state index contributed by atoms with van der Waals surface area (Å²) in [5.41, 5.74) is 2.60. The van der Waals surface area contributed by atoms with Gasteiger partial charge in [-0.3, -0.25) is 4.21 Å². The van der Waals surface area contributed by atoms with E-state index >= 15 is 0 Å². The molecule has 0 spiro atoms. The smallest absolute Gasteiger partial charge is 0.0579 e. The summed E-state index contributed by atoms with van der Waals surface area (Å²) >= 11 is 0. The molecule has 112 valence electrons. The van der Waals surface area contributed by atoms with E-state index in [-0.39, 0.29) is 10.7 Å². The lowest BCUT2D eigenvalue weighted by Crippen LogP contribution is -2.52. The van der Waals surface area contributed by atoms with Crippen LogP contribution in [0.15, 0.2) is 23.1 Å². The average molecular weight is 293 g/mol. The largest absolute Gasteiger partial charge is 0.315 e. The molecule has 0 aliphatic heterocycles. The van der Waals surface area contributed by atoms with Crippen LogP contribution in [0.4, 0.5) is 0 Å². The van der Waals surface area contributed by atoms with E-state index in [2.05, 4.69) is 51.2 Å². The average Bonchev–Trinajstić information content (AvgIpc) is 2.36. The molecule has 0 saturated heterocycles. The Balaban J connectivity index is 2.31. The number of hydrogen-bond acceptors (Lipinski definition) is 2. The molecule has 3 unspecified atom stereocenters. The first-order chi connectivity index (χ1) is 9.36.